The Morgan fingerprint density at radius 3 is 2.16 bits per heavy atom. The molecule has 3 heteroatoms. The molecule has 0 heterocycles. The first kappa shape index (κ1) is 14.4. The molecule has 2 unspecified atom stereocenters. The van der Waals surface area contributed by atoms with E-state index in [0.29, 0.717) is 18.6 Å². The molecule has 1 saturated carbocycles. The summed E-state index contributed by atoms with van der Waals surface area (Å²) in [5.74, 6) is 0.875. The molecule has 1 aliphatic rings. The van der Waals surface area contributed by atoms with Crippen LogP contribution in [0.25, 0.3) is 0 Å². The maximum Gasteiger partial charge on any atom is 0.0470 e. The van der Waals surface area contributed by atoms with Gasteiger partial charge in [-0.25, -0.2) is 0 Å². The third kappa shape index (κ3) is 3.28. The number of nitrogens with zero attached hydrogens (tertiary/aromatic N) is 2. The smallest absolute Gasteiger partial charge is 0.0470 e. The molecule has 2 N–H and O–H groups in total. The van der Waals surface area contributed by atoms with E-state index in [9.17, 15) is 0 Å². The van der Waals surface area contributed by atoms with Crippen molar-refractivity contribution in [3.63, 3.8) is 0 Å². The van der Waals surface area contributed by atoms with Crippen molar-refractivity contribution in [2.45, 2.75) is 31.8 Å². The van der Waals surface area contributed by atoms with Crippen molar-refractivity contribution in [1.29, 1.82) is 0 Å². The summed E-state index contributed by atoms with van der Waals surface area (Å²) in [6.07, 6.45) is 2.75. The van der Waals surface area contributed by atoms with Crippen LogP contribution in [0.4, 0.5) is 5.69 Å². The Balaban J connectivity index is 2.11. The Morgan fingerprint density at radius 1 is 1.16 bits per heavy atom. The molecule has 0 bridgehead atoms. The number of hydrogen-bond donors (Lipinski definition) is 1. The second-order valence-electron chi connectivity index (χ2n) is 5.98. The van der Waals surface area contributed by atoms with E-state index < -0.39 is 0 Å². The largest absolute Gasteiger partial charge is 0.378 e. The lowest BCUT2D eigenvalue weighted by Gasteiger charge is -2.33. The van der Waals surface area contributed by atoms with Gasteiger partial charge in [0.1, 0.15) is 0 Å². The van der Waals surface area contributed by atoms with Gasteiger partial charge in [-0.1, -0.05) is 12.1 Å². The first-order chi connectivity index (χ1) is 9.04. The van der Waals surface area contributed by atoms with Crippen LogP contribution in [0.2, 0.25) is 0 Å². The van der Waals surface area contributed by atoms with Crippen LogP contribution in [-0.2, 0) is 0 Å². The lowest BCUT2D eigenvalue weighted by Crippen LogP contribution is -2.38. The molecule has 19 heavy (non-hydrogen) atoms. The van der Waals surface area contributed by atoms with Crippen molar-refractivity contribution in [1.82, 2.24) is 4.90 Å². The molecule has 1 fully saturated rings. The summed E-state index contributed by atoms with van der Waals surface area (Å²) in [6.45, 7) is 3.00. The van der Waals surface area contributed by atoms with Gasteiger partial charge >= 0.3 is 0 Å². The zero-order valence-electron chi connectivity index (χ0n) is 12.6. The number of rotatable bonds is 6. The van der Waals surface area contributed by atoms with E-state index in [0.717, 1.165) is 5.92 Å². The van der Waals surface area contributed by atoms with Gasteiger partial charge in [0.05, 0.1) is 0 Å². The molecule has 1 aromatic carbocycles. The Labute approximate surface area is 117 Å². The molecule has 2 rings (SSSR count). The fourth-order valence-corrected chi connectivity index (χ4v) is 2.73. The van der Waals surface area contributed by atoms with Crippen LogP contribution in [0.1, 0.15) is 31.4 Å². The lowest BCUT2D eigenvalue weighted by atomic mass is 10.0. The van der Waals surface area contributed by atoms with Gasteiger partial charge in [0.15, 0.2) is 0 Å². The van der Waals surface area contributed by atoms with Gasteiger partial charge in [-0.15, -0.1) is 0 Å². The third-order valence-electron chi connectivity index (χ3n) is 4.46. The lowest BCUT2D eigenvalue weighted by molar-refractivity contribution is 0.171. The second-order valence-corrected chi connectivity index (χ2v) is 5.98. The van der Waals surface area contributed by atoms with E-state index in [4.69, 9.17) is 5.73 Å². The Kier molecular flexibility index (Phi) is 4.48. The van der Waals surface area contributed by atoms with E-state index in [1.54, 1.807) is 0 Å². The number of hydrogen-bond acceptors (Lipinski definition) is 3. The minimum atomic E-state index is 0.326. The maximum atomic E-state index is 6.01. The van der Waals surface area contributed by atoms with Crippen molar-refractivity contribution in [2.24, 2.45) is 11.7 Å². The molecule has 0 saturated heterocycles. The normalized spacial score (nSPS) is 18.4. The van der Waals surface area contributed by atoms with Gasteiger partial charge in [-0.05, 0) is 50.4 Å². The summed E-state index contributed by atoms with van der Waals surface area (Å²) < 4.78 is 0. The summed E-state index contributed by atoms with van der Waals surface area (Å²) in [5, 5.41) is 0. The summed E-state index contributed by atoms with van der Waals surface area (Å²) in [5.41, 5.74) is 8.57. The fraction of sp³-hybridized carbons (Fsp3) is 0.625. The average Bonchev–Trinajstić information content (AvgIpc) is 3.23. The predicted molar refractivity (Wildman–Crippen MR) is 82.5 cm³/mol. The molecule has 2 atom stereocenters. The van der Waals surface area contributed by atoms with Crippen LogP contribution < -0.4 is 10.6 Å². The van der Waals surface area contributed by atoms with Crippen LogP contribution in [0.3, 0.4) is 0 Å². The van der Waals surface area contributed by atoms with Crippen LogP contribution in [0.5, 0.6) is 0 Å². The third-order valence-corrected chi connectivity index (χ3v) is 4.46. The Bertz CT molecular complexity index is 395. The fourth-order valence-electron chi connectivity index (χ4n) is 2.73. The van der Waals surface area contributed by atoms with Gasteiger partial charge in [-0.2, -0.15) is 0 Å². The molecule has 106 valence electrons. The Morgan fingerprint density at radius 2 is 1.74 bits per heavy atom. The quantitative estimate of drug-likeness (QED) is 0.854. The summed E-state index contributed by atoms with van der Waals surface area (Å²) in [6, 6.07) is 9.72. The van der Waals surface area contributed by atoms with E-state index in [1.807, 2.05) is 0 Å². The van der Waals surface area contributed by atoms with Crippen LogP contribution in [0.15, 0.2) is 24.3 Å². The first-order valence-corrected chi connectivity index (χ1v) is 7.24. The highest BCUT2D eigenvalue weighted by atomic mass is 15.2. The van der Waals surface area contributed by atoms with Gasteiger partial charge in [0.25, 0.3) is 0 Å². The van der Waals surface area contributed by atoms with Gasteiger partial charge in [-0.3, -0.25) is 4.90 Å². The topological polar surface area (TPSA) is 32.5 Å². The predicted octanol–water partition coefficient (Wildman–Crippen LogP) is 2.48. The molecule has 3 nitrogen and oxygen atoms in total. The van der Waals surface area contributed by atoms with Crippen molar-refractivity contribution >= 4 is 5.69 Å². The minimum Gasteiger partial charge on any atom is -0.378 e. The highest BCUT2D eigenvalue weighted by molar-refractivity contribution is 5.46. The number of anilines is 1. The molecule has 1 aliphatic carbocycles. The monoisotopic (exact) mass is 261 g/mol. The van der Waals surface area contributed by atoms with Crippen molar-refractivity contribution < 1.29 is 0 Å². The molecule has 0 aromatic heterocycles. The molecule has 0 radical (unpaired) electrons. The van der Waals surface area contributed by atoms with Crippen LogP contribution in [0, 0.1) is 5.92 Å². The Hall–Kier alpha value is -1.06. The molecule has 0 spiro atoms. The summed E-state index contributed by atoms with van der Waals surface area (Å²) >= 11 is 0. The van der Waals surface area contributed by atoms with Crippen LogP contribution in [-0.4, -0.2) is 38.6 Å². The van der Waals surface area contributed by atoms with E-state index >= 15 is 0 Å². The second kappa shape index (κ2) is 5.93. The van der Waals surface area contributed by atoms with E-state index in [1.165, 1.54) is 24.1 Å². The SMILES string of the molecule is CC(C1CC1)N(C)C(CN)c1ccc(N(C)C)cc1. The van der Waals surface area contributed by atoms with Gasteiger partial charge in [0, 0.05) is 38.4 Å². The first-order valence-electron chi connectivity index (χ1n) is 7.24. The van der Waals surface area contributed by atoms with E-state index in [-0.39, 0.29) is 0 Å². The number of likely N-dealkylation sites (N-methyl/N-ethyl adjacent to an activating group) is 1. The molecule has 1 aromatic rings. The standard InChI is InChI=1S/C16H27N3/c1-12(13-5-6-13)19(4)16(11-17)14-7-9-15(10-8-14)18(2)3/h7-10,12-13,16H,5-6,11,17H2,1-4H3. The average molecular weight is 261 g/mol. The minimum absolute atomic E-state index is 0.326. The maximum absolute atomic E-state index is 6.01. The van der Waals surface area contributed by atoms with Crippen LogP contribution >= 0.6 is 0 Å². The van der Waals surface area contributed by atoms with E-state index in [2.05, 4.69) is 62.1 Å². The molecule has 0 amide bonds. The molecular formula is C16H27N3. The van der Waals surface area contributed by atoms with Crippen molar-refractivity contribution in [3.8, 4) is 0 Å². The molecular weight excluding hydrogens is 234 g/mol. The van der Waals surface area contributed by atoms with Gasteiger partial charge in [0.2, 0.25) is 0 Å². The zero-order chi connectivity index (χ0) is 14.0. The highest BCUT2D eigenvalue weighted by Gasteiger charge is 2.33. The number of nitrogens with two attached hydrogens (primary N) is 1. The van der Waals surface area contributed by atoms with Crippen molar-refractivity contribution in [3.05, 3.63) is 29.8 Å². The number of benzene rings is 1. The molecule has 0 aliphatic heterocycles. The summed E-state index contributed by atoms with van der Waals surface area (Å²) in [4.78, 5) is 4.57. The highest BCUT2D eigenvalue weighted by Crippen LogP contribution is 2.37. The zero-order valence-corrected chi connectivity index (χ0v) is 12.6. The summed E-state index contributed by atoms with van der Waals surface area (Å²) in [7, 11) is 6.34. The van der Waals surface area contributed by atoms with Crippen molar-refractivity contribution in [2.75, 3.05) is 32.6 Å². The van der Waals surface area contributed by atoms with Gasteiger partial charge < -0.3 is 10.6 Å².